The lowest BCUT2D eigenvalue weighted by Gasteiger charge is -2.32. The standard InChI is InChI=1S/C14H11F5N2O2S/c15-13(16)3-5-21(6-4-13)10-2-1-8(24-10)7-9-11(14(17,18)19)20-23-12(9)22/h1-2,7H,3-6H2. The van der Waals surface area contributed by atoms with Crippen LogP contribution >= 0.6 is 11.3 Å². The first-order valence-corrected chi connectivity index (χ1v) is 7.79. The normalized spacial score (nSPS) is 22.7. The van der Waals surface area contributed by atoms with Crippen LogP contribution < -0.4 is 4.90 Å². The molecule has 1 fully saturated rings. The number of thiophene rings is 1. The van der Waals surface area contributed by atoms with Crippen molar-refractivity contribution in [3.63, 3.8) is 0 Å². The number of alkyl halides is 5. The summed E-state index contributed by atoms with van der Waals surface area (Å²) in [5, 5.41) is 3.42. The second-order valence-corrected chi connectivity index (χ2v) is 6.49. The van der Waals surface area contributed by atoms with Crippen LogP contribution in [-0.2, 0) is 9.63 Å². The third-order valence-corrected chi connectivity index (χ3v) is 4.76. The van der Waals surface area contributed by atoms with Crippen molar-refractivity contribution >= 4 is 34.1 Å². The molecule has 24 heavy (non-hydrogen) atoms. The first-order valence-electron chi connectivity index (χ1n) is 6.97. The minimum atomic E-state index is -4.80. The summed E-state index contributed by atoms with van der Waals surface area (Å²) in [6.45, 7) is 0.335. The van der Waals surface area contributed by atoms with Crippen molar-refractivity contribution in [2.75, 3.05) is 18.0 Å². The molecule has 3 rings (SSSR count). The molecule has 130 valence electrons. The van der Waals surface area contributed by atoms with Crippen LogP contribution in [0.5, 0.6) is 0 Å². The van der Waals surface area contributed by atoms with Crippen molar-refractivity contribution < 1.29 is 31.6 Å². The van der Waals surface area contributed by atoms with Crippen LogP contribution in [0.1, 0.15) is 17.7 Å². The summed E-state index contributed by atoms with van der Waals surface area (Å²) < 4.78 is 64.7. The van der Waals surface area contributed by atoms with Gasteiger partial charge < -0.3 is 9.74 Å². The van der Waals surface area contributed by atoms with E-state index in [0.29, 0.717) is 9.88 Å². The molecule has 0 radical (unpaired) electrons. The number of piperidine rings is 1. The quantitative estimate of drug-likeness (QED) is 0.454. The van der Waals surface area contributed by atoms with Crippen molar-refractivity contribution in [3.8, 4) is 0 Å². The van der Waals surface area contributed by atoms with Gasteiger partial charge >= 0.3 is 12.1 Å². The number of carbonyl (C=O) groups is 1. The van der Waals surface area contributed by atoms with Crippen molar-refractivity contribution in [2.24, 2.45) is 5.16 Å². The Balaban J connectivity index is 1.79. The zero-order valence-electron chi connectivity index (χ0n) is 12.1. The van der Waals surface area contributed by atoms with Gasteiger partial charge in [-0.05, 0) is 18.2 Å². The number of anilines is 1. The molecule has 0 aromatic carbocycles. The fraction of sp³-hybridized carbons (Fsp3) is 0.429. The van der Waals surface area contributed by atoms with E-state index in [1.807, 2.05) is 0 Å². The van der Waals surface area contributed by atoms with Crippen LogP contribution in [0, 0.1) is 0 Å². The average molecular weight is 366 g/mol. The van der Waals surface area contributed by atoms with Gasteiger partial charge in [0.1, 0.15) is 0 Å². The number of hydrogen-bond acceptors (Lipinski definition) is 5. The predicted molar refractivity (Wildman–Crippen MR) is 78.3 cm³/mol. The molecule has 0 saturated carbocycles. The summed E-state index contributed by atoms with van der Waals surface area (Å²) in [6.07, 6.45) is -4.28. The van der Waals surface area contributed by atoms with Crippen molar-refractivity contribution in [1.29, 1.82) is 0 Å². The zero-order chi connectivity index (χ0) is 17.5. The maximum Gasteiger partial charge on any atom is 0.437 e. The second kappa shape index (κ2) is 5.83. The Bertz CT molecular complexity index is 713. The third kappa shape index (κ3) is 3.42. The summed E-state index contributed by atoms with van der Waals surface area (Å²) in [7, 11) is 0. The van der Waals surface area contributed by atoms with E-state index in [2.05, 4.69) is 9.99 Å². The number of rotatable bonds is 2. The predicted octanol–water partition coefficient (Wildman–Crippen LogP) is 3.84. The van der Waals surface area contributed by atoms with Gasteiger partial charge in [-0.3, -0.25) is 0 Å². The number of nitrogens with zero attached hydrogens (tertiary/aromatic N) is 2. The fourth-order valence-electron chi connectivity index (χ4n) is 2.40. The molecule has 0 atom stereocenters. The van der Waals surface area contributed by atoms with Crippen molar-refractivity contribution in [3.05, 3.63) is 22.6 Å². The van der Waals surface area contributed by atoms with Crippen LogP contribution in [0.2, 0.25) is 0 Å². The SMILES string of the molecule is O=C1ON=C(C(F)(F)F)C1=Cc1ccc(N2CCC(F)(F)CC2)s1. The topological polar surface area (TPSA) is 41.9 Å². The van der Waals surface area contributed by atoms with E-state index in [1.165, 1.54) is 6.07 Å². The lowest BCUT2D eigenvalue weighted by Crippen LogP contribution is -2.38. The van der Waals surface area contributed by atoms with E-state index in [4.69, 9.17) is 0 Å². The number of hydrogen-bond donors (Lipinski definition) is 0. The molecule has 0 aliphatic carbocycles. The Labute approximate surface area is 137 Å². The molecule has 0 spiro atoms. The third-order valence-electron chi connectivity index (χ3n) is 3.67. The lowest BCUT2D eigenvalue weighted by atomic mass is 10.1. The van der Waals surface area contributed by atoms with Gasteiger partial charge in [-0.15, -0.1) is 11.3 Å². The van der Waals surface area contributed by atoms with Gasteiger partial charge in [0.15, 0.2) is 5.71 Å². The first-order chi connectivity index (χ1) is 11.2. The lowest BCUT2D eigenvalue weighted by molar-refractivity contribution is -0.136. The Morgan fingerprint density at radius 2 is 1.92 bits per heavy atom. The molecule has 2 aliphatic heterocycles. The highest BCUT2D eigenvalue weighted by Gasteiger charge is 2.45. The molecule has 3 heterocycles. The van der Waals surface area contributed by atoms with Crippen LogP contribution in [0.4, 0.5) is 27.0 Å². The largest absolute Gasteiger partial charge is 0.437 e. The molecule has 1 aromatic rings. The Morgan fingerprint density at radius 1 is 1.25 bits per heavy atom. The Kier molecular flexibility index (Phi) is 4.10. The minimum absolute atomic E-state index is 0.167. The van der Waals surface area contributed by atoms with Gasteiger partial charge in [-0.25, -0.2) is 13.6 Å². The van der Waals surface area contributed by atoms with Crippen LogP contribution in [0.15, 0.2) is 22.9 Å². The summed E-state index contributed by atoms with van der Waals surface area (Å²) >= 11 is 1.12. The molecule has 1 aromatic heterocycles. The summed E-state index contributed by atoms with van der Waals surface area (Å²) in [6, 6.07) is 3.16. The molecule has 10 heteroatoms. The minimum Gasteiger partial charge on any atom is -0.363 e. The van der Waals surface area contributed by atoms with Gasteiger partial charge in [-0.2, -0.15) is 13.2 Å². The fourth-order valence-corrected chi connectivity index (χ4v) is 3.40. The van der Waals surface area contributed by atoms with E-state index in [9.17, 15) is 26.7 Å². The highest BCUT2D eigenvalue weighted by atomic mass is 32.1. The zero-order valence-corrected chi connectivity index (χ0v) is 12.9. The highest BCUT2D eigenvalue weighted by Crippen LogP contribution is 2.35. The van der Waals surface area contributed by atoms with Gasteiger partial charge in [0.05, 0.1) is 10.6 Å². The number of halogens is 5. The molecular formula is C14H11F5N2O2S. The maximum atomic E-state index is 13.2. The highest BCUT2D eigenvalue weighted by molar-refractivity contribution is 7.17. The van der Waals surface area contributed by atoms with Crippen LogP contribution in [-0.4, -0.2) is 36.9 Å². The smallest absolute Gasteiger partial charge is 0.363 e. The molecule has 4 nitrogen and oxygen atoms in total. The average Bonchev–Trinajstić information content (AvgIpc) is 3.07. The Morgan fingerprint density at radius 3 is 2.54 bits per heavy atom. The second-order valence-electron chi connectivity index (χ2n) is 5.39. The van der Waals surface area contributed by atoms with E-state index in [1.54, 1.807) is 11.0 Å². The first kappa shape index (κ1) is 16.9. The van der Waals surface area contributed by atoms with Crippen molar-refractivity contribution in [1.82, 2.24) is 0 Å². The van der Waals surface area contributed by atoms with Crippen LogP contribution in [0.25, 0.3) is 6.08 Å². The number of oxime groups is 1. The van der Waals surface area contributed by atoms with Gasteiger partial charge in [-0.1, -0.05) is 5.16 Å². The molecule has 0 N–H and O–H groups in total. The molecule has 2 aliphatic rings. The summed E-state index contributed by atoms with van der Waals surface area (Å²) in [4.78, 5) is 17.6. The molecule has 0 amide bonds. The van der Waals surface area contributed by atoms with Gasteiger partial charge in [0.25, 0.3) is 5.92 Å². The molecular weight excluding hydrogens is 355 g/mol. The summed E-state index contributed by atoms with van der Waals surface area (Å²) in [5.74, 6) is -3.85. The van der Waals surface area contributed by atoms with Crippen LogP contribution in [0.3, 0.4) is 0 Å². The molecule has 0 bridgehead atoms. The number of carbonyl (C=O) groups excluding carboxylic acids is 1. The van der Waals surface area contributed by atoms with Gasteiger partial charge in [0, 0.05) is 30.8 Å². The molecule has 1 saturated heterocycles. The van der Waals surface area contributed by atoms with E-state index in [0.717, 1.165) is 17.4 Å². The van der Waals surface area contributed by atoms with E-state index >= 15 is 0 Å². The van der Waals surface area contributed by atoms with E-state index in [-0.39, 0.29) is 25.9 Å². The summed E-state index contributed by atoms with van der Waals surface area (Å²) in [5.41, 5.74) is -2.04. The maximum absolute atomic E-state index is 13.2. The molecule has 0 unspecified atom stereocenters. The van der Waals surface area contributed by atoms with Gasteiger partial charge in [0.2, 0.25) is 0 Å². The van der Waals surface area contributed by atoms with Crippen molar-refractivity contribution in [2.45, 2.75) is 24.9 Å². The Hall–Kier alpha value is -1.97. The van der Waals surface area contributed by atoms with E-state index < -0.39 is 29.4 Å². The monoisotopic (exact) mass is 366 g/mol.